The van der Waals surface area contributed by atoms with E-state index in [1.54, 1.807) is 9.58 Å². The van der Waals surface area contributed by atoms with Crippen molar-refractivity contribution < 1.29 is 22.8 Å². The number of rotatable bonds is 4. The first-order valence-corrected chi connectivity index (χ1v) is 9.81. The maximum Gasteiger partial charge on any atom is 0.416 e. The summed E-state index contributed by atoms with van der Waals surface area (Å²) in [7, 11) is 1.87. The van der Waals surface area contributed by atoms with Gasteiger partial charge in [0.05, 0.1) is 11.3 Å². The number of aryl methyl sites for hydroxylation is 2. The van der Waals surface area contributed by atoms with Crippen molar-refractivity contribution in [2.24, 2.45) is 7.05 Å². The number of carbonyl (C=O) groups excluding carboxylic acids is 2. The lowest BCUT2D eigenvalue weighted by Gasteiger charge is -2.35. The van der Waals surface area contributed by atoms with Crippen LogP contribution in [0.25, 0.3) is 0 Å². The van der Waals surface area contributed by atoms with E-state index in [-0.39, 0.29) is 11.5 Å². The highest BCUT2D eigenvalue weighted by atomic mass is 19.4. The topological polar surface area (TPSA) is 58.4 Å². The number of benzene rings is 1. The summed E-state index contributed by atoms with van der Waals surface area (Å²) in [6.07, 6.45) is -3.53. The molecule has 2 amide bonds. The molecule has 1 aromatic carbocycles. The normalized spacial score (nSPS) is 14.9. The Labute approximate surface area is 173 Å². The van der Waals surface area contributed by atoms with E-state index in [0.29, 0.717) is 39.0 Å². The lowest BCUT2D eigenvalue weighted by molar-refractivity contribution is -0.137. The largest absolute Gasteiger partial charge is 0.416 e. The molecule has 1 aliphatic rings. The van der Waals surface area contributed by atoms with Gasteiger partial charge in [-0.25, -0.2) is 0 Å². The van der Waals surface area contributed by atoms with Crippen LogP contribution in [0.2, 0.25) is 0 Å². The number of carbonyl (C=O) groups is 2. The Hall–Kier alpha value is -2.84. The molecule has 0 radical (unpaired) electrons. The molecule has 0 aliphatic carbocycles. The van der Waals surface area contributed by atoms with Crippen LogP contribution in [0.4, 0.5) is 13.2 Å². The molecule has 1 aliphatic heterocycles. The monoisotopic (exact) mass is 422 g/mol. The van der Waals surface area contributed by atoms with Crippen molar-refractivity contribution in [3.8, 4) is 0 Å². The van der Waals surface area contributed by atoms with E-state index >= 15 is 0 Å². The number of halogens is 3. The molecule has 6 nitrogen and oxygen atoms in total. The maximum absolute atomic E-state index is 12.9. The van der Waals surface area contributed by atoms with Crippen LogP contribution in [-0.2, 0) is 24.4 Å². The second kappa shape index (κ2) is 8.49. The molecule has 3 rings (SSSR count). The summed E-state index contributed by atoms with van der Waals surface area (Å²) >= 11 is 0. The van der Waals surface area contributed by atoms with Crippen LogP contribution < -0.4 is 0 Å². The Morgan fingerprint density at radius 3 is 2.27 bits per heavy atom. The molecule has 30 heavy (non-hydrogen) atoms. The van der Waals surface area contributed by atoms with Gasteiger partial charge in [0.2, 0.25) is 5.91 Å². The summed E-state index contributed by atoms with van der Waals surface area (Å²) in [6, 6.07) is 4.43. The Bertz CT molecular complexity index is 944. The molecule has 2 aromatic rings. The van der Waals surface area contributed by atoms with E-state index in [0.717, 1.165) is 29.1 Å². The third kappa shape index (κ3) is 4.66. The van der Waals surface area contributed by atoms with E-state index in [1.807, 2.05) is 20.9 Å². The highest BCUT2D eigenvalue weighted by molar-refractivity contribution is 5.94. The first-order valence-electron chi connectivity index (χ1n) is 9.81. The van der Waals surface area contributed by atoms with Crippen LogP contribution in [0.5, 0.6) is 0 Å². The van der Waals surface area contributed by atoms with Gasteiger partial charge in [-0.1, -0.05) is 6.07 Å². The average Bonchev–Trinajstić information content (AvgIpc) is 2.96. The fourth-order valence-corrected chi connectivity index (χ4v) is 3.74. The van der Waals surface area contributed by atoms with E-state index in [4.69, 9.17) is 0 Å². The van der Waals surface area contributed by atoms with Gasteiger partial charge >= 0.3 is 6.18 Å². The molecule has 0 atom stereocenters. The zero-order valence-corrected chi connectivity index (χ0v) is 17.3. The second-order valence-corrected chi connectivity index (χ2v) is 7.52. The van der Waals surface area contributed by atoms with Crippen molar-refractivity contribution in [2.75, 3.05) is 26.2 Å². The summed E-state index contributed by atoms with van der Waals surface area (Å²) in [6.45, 7) is 5.23. The van der Waals surface area contributed by atoms with Gasteiger partial charge in [-0.2, -0.15) is 18.3 Å². The maximum atomic E-state index is 12.9. The van der Waals surface area contributed by atoms with Gasteiger partial charge in [-0.15, -0.1) is 0 Å². The Morgan fingerprint density at radius 2 is 1.70 bits per heavy atom. The number of aromatic nitrogens is 2. The van der Waals surface area contributed by atoms with Crippen molar-refractivity contribution in [1.82, 2.24) is 19.6 Å². The Kier molecular flexibility index (Phi) is 6.19. The zero-order chi connectivity index (χ0) is 22.1. The third-order valence-corrected chi connectivity index (χ3v) is 5.60. The van der Waals surface area contributed by atoms with Crippen molar-refractivity contribution in [3.05, 3.63) is 52.3 Å². The molecule has 9 heteroatoms. The van der Waals surface area contributed by atoms with Crippen molar-refractivity contribution in [3.63, 3.8) is 0 Å². The van der Waals surface area contributed by atoms with E-state index in [2.05, 4.69) is 5.10 Å². The molecule has 2 heterocycles. The van der Waals surface area contributed by atoms with Crippen LogP contribution in [0.3, 0.4) is 0 Å². The lowest BCUT2D eigenvalue weighted by Crippen LogP contribution is -2.50. The highest BCUT2D eigenvalue weighted by Crippen LogP contribution is 2.29. The molecule has 1 fully saturated rings. The Balaban J connectivity index is 1.55. The fourth-order valence-electron chi connectivity index (χ4n) is 3.74. The van der Waals surface area contributed by atoms with Crippen LogP contribution in [0.1, 0.15) is 39.3 Å². The van der Waals surface area contributed by atoms with E-state index in [1.165, 1.54) is 17.0 Å². The summed E-state index contributed by atoms with van der Waals surface area (Å²) in [5, 5.41) is 4.36. The van der Waals surface area contributed by atoms with Gasteiger partial charge in [0.25, 0.3) is 5.91 Å². The number of amides is 2. The second-order valence-electron chi connectivity index (χ2n) is 7.52. The minimum atomic E-state index is -4.49. The number of hydrogen-bond donors (Lipinski definition) is 0. The predicted molar refractivity (Wildman–Crippen MR) is 105 cm³/mol. The van der Waals surface area contributed by atoms with E-state index in [9.17, 15) is 22.8 Å². The van der Waals surface area contributed by atoms with Gasteiger partial charge in [-0.3, -0.25) is 14.3 Å². The quantitative estimate of drug-likeness (QED) is 0.761. The molecular formula is C21H25F3N4O2. The average molecular weight is 422 g/mol. The molecule has 0 bridgehead atoms. The molecule has 0 unspecified atom stereocenters. The summed E-state index contributed by atoms with van der Waals surface area (Å²) in [5.74, 6) is -0.446. The number of alkyl halides is 3. The van der Waals surface area contributed by atoms with Gasteiger partial charge in [0, 0.05) is 50.9 Å². The molecule has 1 aromatic heterocycles. The standard InChI is InChI=1S/C21H25F3N4O2/c1-14-18(15(2)26(3)25-14)7-8-19(29)27-9-11-28(12-10-27)20(30)16-5-4-6-17(13-16)21(22,23)24/h4-6,13H,7-12H2,1-3H3. The van der Waals surface area contributed by atoms with Crippen LogP contribution in [0, 0.1) is 13.8 Å². The third-order valence-electron chi connectivity index (χ3n) is 5.60. The predicted octanol–water partition coefficient (Wildman–Crippen LogP) is 2.97. The molecule has 0 spiro atoms. The van der Waals surface area contributed by atoms with Gasteiger partial charge < -0.3 is 9.80 Å². The smallest absolute Gasteiger partial charge is 0.339 e. The SMILES string of the molecule is Cc1nn(C)c(C)c1CCC(=O)N1CCN(C(=O)c2cccc(C(F)(F)F)c2)CC1. The molecule has 0 N–H and O–H groups in total. The fraction of sp³-hybridized carbons (Fsp3) is 0.476. The van der Waals surface area contributed by atoms with Crippen LogP contribution in [-0.4, -0.2) is 57.6 Å². The summed E-state index contributed by atoms with van der Waals surface area (Å²) < 4.78 is 40.5. The molecular weight excluding hydrogens is 397 g/mol. The molecule has 0 saturated carbocycles. The zero-order valence-electron chi connectivity index (χ0n) is 17.3. The van der Waals surface area contributed by atoms with Gasteiger partial charge in [0.15, 0.2) is 0 Å². The van der Waals surface area contributed by atoms with Crippen molar-refractivity contribution in [2.45, 2.75) is 32.9 Å². The molecule has 162 valence electrons. The van der Waals surface area contributed by atoms with Gasteiger partial charge in [-0.05, 0) is 44.0 Å². The molecule has 1 saturated heterocycles. The summed E-state index contributed by atoms with van der Waals surface area (Å²) in [4.78, 5) is 28.4. The number of nitrogens with zero attached hydrogens (tertiary/aromatic N) is 4. The Morgan fingerprint density at radius 1 is 1.07 bits per heavy atom. The van der Waals surface area contributed by atoms with Gasteiger partial charge in [0.1, 0.15) is 0 Å². The number of piperazine rings is 1. The van der Waals surface area contributed by atoms with Crippen LogP contribution >= 0.6 is 0 Å². The van der Waals surface area contributed by atoms with E-state index < -0.39 is 17.6 Å². The van der Waals surface area contributed by atoms with Crippen LogP contribution in [0.15, 0.2) is 24.3 Å². The first kappa shape index (κ1) is 21.9. The summed E-state index contributed by atoms with van der Waals surface area (Å²) in [5.41, 5.74) is 2.19. The first-order chi connectivity index (χ1) is 14.1. The number of hydrogen-bond acceptors (Lipinski definition) is 3. The minimum Gasteiger partial charge on any atom is -0.339 e. The van der Waals surface area contributed by atoms with Crippen molar-refractivity contribution >= 4 is 11.8 Å². The van der Waals surface area contributed by atoms with Crippen molar-refractivity contribution in [1.29, 1.82) is 0 Å². The lowest BCUT2D eigenvalue weighted by atomic mass is 10.1. The highest BCUT2D eigenvalue weighted by Gasteiger charge is 2.32. The minimum absolute atomic E-state index is 0.00354.